The largest absolute Gasteiger partial charge is 0.387 e. The molecule has 0 saturated heterocycles. The van der Waals surface area contributed by atoms with E-state index in [9.17, 15) is 13.5 Å². The second-order valence-corrected chi connectivity index (χ2v) is 14.0. The molecule has 0 aliphatic heterocycles. The zero-order valence-electron chi connectivity index (χ0n) is 25.5. The van der Waals surface area contributed by atoms with E-state index in [1.165, 1.54) is 16.3 Å². The van der Waals surface area contributed by atoms with Gasteiger partial charge in [-0.1, -0.05) is 97.1 Å². The molecule has 6 rings (SSSR count). The molecule has 0 bridgehead atoms. The van der Waals surface area contributed by atoms with Crippen LogP contribution in [0.3, 0.4) is 0 Å². The molecule has 234 valence electrons. The molecule has 1 aromatic heterocycles. The molecule has 46 heavy (non-hydrogen) atoms. The Kier molecular flexibility index (Phi) is 10.2. The molecule has 0 saturated carbocycles. The minimum atomic E-state index is -3.71. The molecule has 0 aliphatic carbocycles. The smallest absolute Gasteiger partial charge is 0.261 e. The van der Waals surface area contributed by atoms with Gasteiger partial charge in [0.25, 0.3) is 10.0 Å². The maximum atomic E-state index is 13.0. The van der Waals surface area contributed by atoms with Gasteiger partial charge in [-0.2, -0.15) is 0 Å². The van der Waals surface area contributed by atoms with Crippen LogP contribution in [0.25, 0.3) is 10.8 Å². The first-order valence-corrected chi connectivity index (χ1v) is 17.8. The first-order valence-electron chi connectivity index (χ1n) is 15.5. The van der Waals surface area contributed by atoms with Crippen LogP contribution in [-0.2, 0) is 35.7 Å². The normalized spacial score (nSPS) is 12.3. The summed E-state index contributed by atoms with van der Waals surface area (Å²) in [6.07, 6.45) is 2.62. The third-order valence-electron chi connectivity index (χ3n) is 7.98. The van der Waals surface area contributed by atoms with E-state index in [1.807, 2.05) is 54.6 Å². The number of anilines is 1. The number of sulfonamides is 1. The van der Waals surface area contributed by atoms with E-state index in [1.54, 1.807) is 35.6 Å². The number of aromatic nitrogens is 1. The van der Waals surface area contributed by atoms with Crippen molar-refractivity contribution in [1.29, 1.82) is 0 Å². The van der Waals surface area contributed by atoms with Crippen LogP contribution in [0.4, 0.5) is 5.69 Å². The Bertz CT molecular complexity index is 1970. The topological polar surface area (TPSA) is 91.3 Å². The number of nitrogens with zero attached hydrogens (tertiary/aromatic N) is 1. The first-order chi connectivity index (χ1) is 22.4. The lowest BCUT2D eigenvalue weighted by Gasteiger charge is -2.12. The number of hydrogen-bond acceptors (Lipinski definition) is 6. The van der Waals surface area contributed by atoms with Gasteiger partial charge in [0.15, 0.2) is 0 Å². The molecule has 1 heterocycles. The van der Waals surface area contributed by atoms with Crippen molar-refractivity contribution in [2.24, 2.45) is 0 Å². The van der Waals surface area contributed by atoms with E-state index < -0.39 is 16.1 Å². The fourth-order valence-electron chi connectivity index (χ4n) is 5.41. The number of nitrogens with one attached hydrogen (secondary N) is 2. The maximum Gasteiger partial charge on any atom is 0.261 e. The van der Waals surface area contributed by atoms with Gasteiger partial charge in [0.1, 0.15) is 0 Å². The molecular weight excluding hydrogens is 611 g/mol. The summed E-state index contributed by atoms with van der Waals surface area (Å²) in [6, 6.07) is 39.0. The highest BCUT2D eigenvalue weighted by Crippen LogP contribution is 2.22. The Morgan fingerprint density at radius 3 is 2.17 bits per heavy atom. The summed E-state index contributed by atoms with van der Waals surface area (Å²) in [7, 11) is -3.71. The molecule has 0 amide bonds. The quantitative estimate of drug-likeness (QED) is 0.108. The predicted octanol–water partition coefficient (Wildman–Crippen LogP) is 7.34. The van der Waals surface area contributed by atoms with Crippen LogP contribution < -0.4 is 10.0 Å². The summed E-state index contributed by atoms with van der Waals surface area (Å²) in [6.45, 7) is 1.18. The van der Waals surface area contributed by atoms with E-state index in [2.05, 4.69) is 57.9 Å². The number of aliphatic hydroxyl groups excluding tert-OH is 1. The van der Waals surface area contributed by atoms with Gasteiger partial charge in [-0.3, -0.25) is 4.72 Å². The Morgan fingerprint density at radius 1 is 0.717 bits per heavy atom. The maximum absolute atomic E-state index is 13.0. The predicted molar refractivity (Wildman–Crippen MR) is 188 cm³/mol. The summed E-state index contributed by atoms with van der Waals surface area (Å²) in [5.41, 5.74) is 5.88. The summed E-state index contributed by atoms with van der Waals surface area (Å²) in [4.78, 5) is 5.08. The molecule has 6 nitrogen and oxygen atoms in total. The second-order valence-electron chi connectivity index (χ2n) is 11.4. The van der Waals surface area contributed by atoms with Gasteiger partial charge in [0, 0.05) is 30.5 Å². The Balaban J connectivity index is 0.957. The highest BCUT2D eigenvalue weighted by Gasteiger charge is 2.14. The lowest BCUT2D eigenvalue weighted by Crippen LogP contribution is -2.23. The first kappa shape index (κ1) is 31.6. The second kappa shape index (κ2) is 14.8. The highest BCUT2D eigenvalue weighted by molar-refractivity contribution is 7.92. The minimum absolute atomic E-state index is 0.230. The molecule has 1 atom stereocenters. The zero-order valence-corrected chi connectivity index (χ0v) is 27.1. The van der Waals surface area contributed by atoms with Crippen LogP contribution in [0.1, 0.15) is 39.1 Å². The third-order valence-corrected chi connectivity index (χ3v) is 10.3. The van der Waals surface area contributed by atoms with Gasteiger partial charge in [0.05, 0.1) is 21.7 Å². The monoisotopic (exact) mass is 647 g/mol. The molecule has 6 aromatic rings. The van der Waals surface area contributed by atoms with Crippen LogP contribution in [-0.4, -0.2) is 31.6 Å². The van der Waals surface area contributed by atoms with Crippen molar-refractivity contribution in [1.82, 2.24) is 10.3 Å². The van der Waals surface area contributed by atoms with Gasteiger partial charge in [-0.05, 0) is 76.7 Å². The highest BCUT2D eigenvalue weighted by atomic mass is 32.2. The van der Waals surface area contributed by atoms with Crippen LogP contribution in [0, 0.1) is 0 Å². The Hall–Kier alpha value is -4.34. The Morgan fingerprint density at radius 2 is 1.39 bits per heavy atom. The molecular formula is C38H37N3O3S2. The van der Waals surface area contributed by atoms with Gasteiger partial charge >= 0.3 is 0 Å². The molecule has 0 spiro atoms. The van der Waals surface area contributed by atoms with Crippen molar-refractivity contribution in [3.8, 4) is 0 Å². The average molecular weight is 648 g/mol. The summed E-state index contributed by atoms with van der Waals surface area (Å²) in [5, 5.41) is 19.3. The fourth-order valence-corrected chi connectivity index (χ4v) is 7.26. The van der Waals surface area contributed by atoms with E-state index in [-0.39, 0.29) is 4.90 Å². The summed E-state index contributed by atoms with van der Waals surface area (Å²) in [5.74, 6) is 0. The number of rotatable bonds is 14. The number of fused-ring (bicyclic) bond motifs is 1. The molecule has 0 fully saturated rings. The van der Waals surface area contributed by atoms with Crippen LogP contribution in [0.5, 0.6) is 0 Å². The molecule has 0 radical (unpaired) electrons. The van der Waals surface area contributed by atoms with Crippen molar-refractivity contribution in [3.05, 3.63) is 160 Å². The fraction of sp³-hybridized carbons (Fsp3) is 0.184. The lowest BCUT2D eigenvalue weighted by atomic mass is 10.0. The number of thiazole rings is 1. The lowest BCUT2D eigenvalue weighted by molar-refractivity contribution is 0.175. The van der Waals surface area contributed by atoms with Crippen molar-refractivity contribution in [2.45, 2.75) is 36.7 Å². The van der Waals surface area contributed by atoms with Crippen molar-refractivity contribution in [3.63, 3.8) is 0 Å². The number of hydrogen-bond donors (Lipinski definition) is 3. The SMILES string of the molecule is O=S(=O)(Nc1ccc(CCNC[C@H](O)c2ccccc2)cc1)c1ccc(CCc2nc(Cc3ccc4ccccc4c3)cs2)cc1. The van der Waals surface area contributed by atoms with E-state index in [4.69, 9.17) is 4.98 Å². The summed E-state index contributed by atoms with van der Waals surface area (Å²) >= 11 is 1.68. The standard InChI is InChI=1S/C38H37N3O3S2/c42-37(32-7-2-1-3-8-32)26-39-23-22-29-11-17-34(18-12-29)41-46(43,44)36-19-13-28(14-20-36)15-21-38-40-35(27-45-38)25-30-10-16-31-6-4-5-9-33(31)24-30/h1-14,16-20,24,27,37,39,41-42H,15,21-23,25-26H2/t37-/m0/s1. The number of aryl methyl sites for hydroxylation is 2. The third kappa shape index (κ3) is 8.47. The van der Waals surface area contributed by atoms with E-state index in [0.29, 0.717) is 18.8 Å². The Labute approximate surface area is 274 Å². The molecule has 8 heteroatoms. The van der Waals surface area contributed by atoms with Crippen LogP contribution in [0.15, 0.2) is 132 Å². The number of benzene rings is 5. The van der Waals surface area contributed by atoms with E-state index >= 15 is 0 Å². The molecule has 5 aromatic carbocycles. The molecule has 3 N–H and O–H groups in total. The van der Waals surface area contributed by atoms with Crippen LogP contribution in [0.2, 0.25) is 0 Å². The van der Waals surface area contributed by atoms with E-state index in [0.717, 1.165) is 53.1 Å². The average Bonchev–Trinajstić information content (AvgIpc) is 3.54. The van der Waals surface area contributed by atoms with Gasteiger partial charge in [-0.15, -0.1) is 11.3 Å². The van der Waals surface area contributed by atoms with Crippen molar-refractivity contribution < 1.29 is 13.5 Å². The number of aliphatic hydroxyl groups is 1. The van der Waals surface area contributed by atoms with Crippen molar-refractivity contribution >= 4 is 37.8 Å². The minimum Gasteiger partial charge on any atom is -0.387 e. The van der Waals surface area contributed by atoms with Gasteiger partial charge in [-0.25, -0.2) is 13.4 Å². The van der Waals surface area contributed by atoms with Gasteiger partial charge < -0.3 is 10.4 Å². The van der Waals surface area contributed by atoms with Gasteiger partial charge in [0.2, 0.25) is 0 Å². The molecule has 0 aliphatic rings. The zero-order chi connectivity index (χ0) is 31.8. The molecule has 0 unspecified atom stereocenters. The van der Waals surface area contributed by atoms with Crippen molar-refractivity contribution in [2.75, 3.05) is 17.8 Å². The van der Waals surface area contributed by atoms with Crippen LogP contribution >= 0.6 is 11.3 Å². The summed E-state index contributed by atoms with van der Waals surface area (Å²) < 4.78 is 28.8.